The molecule has 4 N–H and O–H groups in total. The number of hydrogen-bond donors (Lipinski definition) is 4. The Kier molecular flexibility index (Phi) is 12.5. The van der Waals surface area contributed by atoms with E-state index in [0.717, 1.165) is 44.8 Å². The van der Waals surface area contributed by atoms with E-state index in [0.29, 0.717) is 26.2 Å². The second kappa shape index (κ2) is 15.3. The summed E-state index contributed by atoms with van der Waals surface area (Å²) in [5.74, 6) is 0. The summed E-state index contributed by atoms with van der Waals surface area (Å²) in [4.78, 5) is 12.8. The van der Waals surface area contributed by atoms with Crippen molar-refractivity contribution >= 4 is 22.7 Å². The minimum atomic E-state index is -0.419. The number of rotatable bonds is 12. The van der Waals surface area contributed by atoms with Gasteiger partial charge in [0.1, 0.15) is 13.2 Å². The monoisotopic (exact) mass is 557 g/mol. The van der Waals surface area contributed by atoms with Crippen LogP contribution in [-0.2, 0) is 0 Å². The molecule has 210 valence electrons. The van der Waals surface area contributed by atoms with Crippen LogP contribution >= 0.6 is 0 Å². The van der Waals surface area contributed by atoms with Crippen LogP contribution in [0.25, 0.3) is 5.57 Å². The van der Waals surface area contributed by atoms with Crippen LogP contribution in [-0.4, -0.2) is 88.2 Å². The van der Waals surface area contributed by atoms with Gasteiger partial charge in [-0.25, -0.2) is 4.58 Å². The van der Waals surface area contributed by atoms with Crippen LogP contribution in [0.1, 0.15) is 23.6 Å². The lowest BCUT2D eigenvalue weighted by Gasteiger charge is -2.25. The summed E-state index contributed by atoms with van der Waals surface area (Å²) >= 11 is 0. The second-order valence-electron chi connectivity index (χ2n) is 9.05. The van der Waals surface area contributed by atoms with Gasteiger partial charge in [-0.1, -0.05) is 6.07 Å². The maximum Gasteiger partial charge on any atom is 0.269 e. The van der Waals surface area contributed by atoms with Gasteiger partial charge in [-0.2, -0.15) is 0 Å². The van der Waals surface area contributed by atoms with Crippen molar-refractivity contribution in [2.75, 3.05) is 57.5 Å². The summed E-state index contributed by atoms with van der Waals surface area (Å²) in [6, 6.07) is 12.5. The molecule has 2 aromatic rings. The first kappa shape index (κ1) is 31.9. The fourth-order valence-electron chi connectivity index (χ4n) is 4.68. The van der Waals surface area contributed by atoms with Gasteiger partial charge < -0.3 is 37.7 Å². The Balaban J connectivity index is 0.00000533. The number of nitro groups is 1. The third-order valence-corrected chi connectivity index (χ3v) is 6.54. The molecule has 0 saturated carbocycles. The highest BCUT2D eigenvalue weighted by Crippen LogP contribution is 2.36. The van der Waals surface area contributed by atoms with E-state index in [1.54, 1.807) is 12.1 Å². The molecular weight excluding hydrogens is 522 g/mol. The average Bonchev–Trinajstić information content (AvgIpc) is 2.90. The second-order valence-corrected chi connectivity index (χ2v) is 9.05. The van der Waals surface area contributed by atoms with E-state index in [1.807, 2.05) is 59.8 Å². The highest BCUT2D eigenvalue weighted by atomic mass is 35.5. The standard InChI is InChI=1S/C29H36N3O6.ClH/c1-21-19-25(30(11-15-33)12-16-34)7-9-27(21)29(23-3-5-24(6-4-23)32(37)38)28-10-8-26(20-22(28)2)31(13-17-35)14-18-36;/h3-10,19-20,33-36H,11-18H2,1-2H3;1H/q+1;/p-1. The third-order valence-electron chi connectivity index (χ3n) is 6.54. The number of anilines is 1. The van der Waals surface area contributed by atoms with Gasteiger partial charge in [0, 0.05) is 43.1 Å². The van der Waals surface area contributed by atoms with Gasteiger partial charge >= 0.3 is 0 Å². The fraction of sp³-hybridized carbons (Fsp3) is 0.345. The molecule has 0 aromatic heterocycles. The Morgan fingerprint density at radius 3 is 1.97 bits per heavy atom. The lowest BCUT2D eigenvalue weighted by molar-refractivity contribution is -0.530. The Morgan fingerprint density at radius 2 is 1.49 bits per heavy atom. The molecule has 0 unspecified atom stereocenters. The Morgan fingerprint density at radius 1 is 0.872 bits per heavy atom. The first-order valence-electron chi connectivity index (χ1n) is 12.6. The quantitative estimate of drug-likeness (QED) is 0.157. The Bertz CT molecular complexity index is 1250. The van der Waals surface area contributed by atoms with Gasteiger partial charge in [0.2, 0.25) is 0 Å². The molecule has 9 nitrogen and oxygen atoms in total. The summed E-state index contributed by atoms with van der Waals surface area (Å²) in [7, 11) is 0. The SMILES string of the molecule is CC1=CC(=[N+](CCO)CCO)C=C/C1=C(/c1ccc([N+](=O)[O-])cc1)c1ccc(N(CCO)CCO)cc1C.[Cl-]. The zero-order valence-electron chi connectivity index (χ0n) is 22.3. The Hall–Kier alpha value is -3.34. The molecular formula is C29H36ClN3O6. The normalized spacial score (nSPS) is 14.0. The van der Waals surface area contributed by atoms with E-state index in [1.165, 1.54) is 12.1 Å². The number of nitro benzene ring substituents is 1. The molecule has 0 saturated heterocycles. The summed E-state index contributed by atoms with van der Waals surface area (Å²) in [5.41, 5.74) is 7.38. The number of hydrogen-bond acceptors (Lipinski definition) is 7. The molecule has 10 heteroatoms. The largest absolute Gasteiger partial charge is 1.00 e. The molecule has 0 radical (unpaired) electrons. The van der Waals surface area contributed by atoms with E-state index in [9.17, 15) is 30.5 Å². The molecule has 3 rings (SSSR count). The molecule has 0 heterocycles. The van der Waals surface area contributed by atoms with Crippen molar-refractivity contribution in [3.8, 4) is 0 Å². The van der Waals surface area contributed by atoms with E-state index in [2.05, 4.69) is 0 Å². The number of aryl methyl sites for hydroxylation is 1. The number of nitrogens with zero attached hydrogens (tertiary/aromatic N) is 3. The van der Waals surface area contributed by atoms with Crippen LogP contribution < -0.4 is 17.3 Å². The van der Waals surface area contributed by atoms with Crippen molar-refractivity contribution in [2.45, 2.75) is 13.8 Å². The molecule has 1 aliphatic rings. The lowest BCUT2D eigenvalue weighted by atomic mass is 9.85. The molecule has 39 heavy (non-hydrogen) atoms. The summed E-state index contributed by atoms with van der Waals surface area (Å²) in [6.07, 6.45) is 5.97. The van der Waals surface area contributed by atoms with Crippen molar-refractivity contribution in [1.82, 2.24) is 0 Å². The molecule has 0 bridgehead atoms. The number of non-ortho nitro benzene ring substituents is 1. The average molecular weight is 558 g/mol. The predicted molar refractivity (Wildman–Crippen MR) is 149 cm³/mol. The fourth-order valence-corrected chi connectivity index (χ4v) is 4.68. The van der Waals surface area contributed by atoms with E-state index in [-0.39, 0.29) is 44.5 Å². The zero-order valence-corrected chi connectivity index (χ0v) is 23.0. The van der Waals surface area contributed by atoms with Crippen LogP contribution in [0, 0.1) is 17.0 Å². The van der Waals surface area contributed by atoms with Crippen LogP contribution in [0.2, 0.25) is 0 Å². The number of aliphatic hydroxyl groups is 4. The van der Waals surface area contributed by atoms with Crippen molar-refractivity contribution in [1.29, 1.82) is 0 Å². The van der Waals surface area contributed by atoms with Crippen molar-refractivity contribution < 1.29 is 42.3 Å². The summed E-state index contributed by atoms with van der Waals surface area (Å²) in [6.45, 7) is 5.46. The minimum Gasteiger partial charge on any atom is -1.00 e. The first-order valence-corrected chi connectivity index (χ1v) is 12.6. The number of allylic oxidation sites excluding steroid dienone is 5. The Labute approximate surface area is 234 Å². The van der Waals surface area contributed by atoms with Crippen molar-refractivity contribution in [3.05, 3.63) is 98.6 Å². The van der Waals surface area contributed by atoms with Gasteiger partial charge in [-0.15, -0.1) is 0 Å². The lowest BCUT2D eigenvalue weighted by Crippen LogP contribution is -3.00. The highest BCUT2D eigenvalue weighted by Gasteiger charge is 2.21. The zero-order chi connectivity index (χ0) is 27.7. The predicted octanol–water partition coefficient (Wildman–Crippen LogP) is -0.546. The minimum absolute atomic E-state index is 0. The topological polar surface area (TPSA) is 130 Å². The molecule has 0 aliphatic heterocycles. The van der Waals surface area contributed by atoms with E-state index >= 15 is 0 Å². The van der Waals surface area contributed by atoms with Gasteiger partial charge in [-0.05, 0) is 77.6 Å². The highest BCUT2D eigenvalue weighted by molar-refractivity contribution is 6.05. The van der Waals surface area contributed by atoms with Crippen molar-refractivity contribution in [3.63, 3.8) is 0 Å². The molecule has 0 atom stereocenters. The number of halogens is 1. The van der Waals surface area contributed by atoms with Crippen LogP contribution in [0.5, 0.6) is 0 Å². The van der Waals surface area contributed by atoms with Gasteiger partial charge in [0.25, 0.3) is 5.69 Å². The molecule has 0 spiro atoms. The summed E-state index contributed by atoms with van der Waals surface area (Å²) < 4.78 is 1.92. The molecule has 0 fully saturated rings. The van der Waals surface area contributed by atoms with Crippen molar-refractivity contribution in [2.24, 2.45) is 0 Å². The molecule has 2 aromatic carbocycles. The first-order chi connectivity index (χ1) is 18.3. The van der Waals surface area contributed by atoms with Crippen LogP contribution in [0.3, 0.4) is 0 Å². The van der Waals surface area contributed by atoms with Gasteiger partial charge in [0.05, 0.1) is 18.1 Å². The summed E-state index contributed by atoms with van der Waals surface area (Å²) in [5, 5.41) is 49.1. The molecule has 1 aliphatic carbocycles. The van der Waals surface area contributed by atoms with Gasteiger partial charge in [-0.3, -0.25) is 10.1 Å². The maximum atomic E-state index is 11.3. The van der Waals surface area contributed by atoms with E-state index < -0.39 is 4.92 Å². The number of benzene rings is 2. The number of aliphatic hydroxyl groups excluding tert-OH is 4. The van der Waals surface area contributed by atoms with Crippen LogP contribution in [0.4, 0.5) is 11.4 Å². The van der Waals surface area contributed by atoms with Crippen LogP contribution in [0.15, 0.2) is 71.8 Å². The smallest absolute Gasteiger partial charge is 0.269 e. The van der Waals surface area contributed by atoms with E-state index in [4.69, 9.17) is 0 Å². The maximum absolute atomic E-state index is 11.3. The third kappa shape index (κ3) is 7.84. The molecule has 0 amide bonds. The van der Waals surface area contributed by atoms with Gasteiger partial charge in [0.15, 0.2) is 18.8 Å².